The Morgan fingerprint density at radius 1 is 1.50 bits per heavy atom. The Balaban J connectivity index is 2.33. The van der Waals surface area contributed by atoms with Gasteiger partial charge in [0.05, 0.1) is 0 Å². The van der Waals surface area contributed by atoms with Crippen molar-refractivity contribution in [3.63, 3.8) is 0 Å². The van der Waals surface area contributed by atoms with E-state index in [2.05, 4.69) is 11.6 Å². The Hall–Kier alpha value is -1.60. The Labute approximate surface area is 118 Å². The van der Waals surface area contributed by atoms with E-state index in [1.54, 1.807) is 6.08 Å². The molecule has 7 heteroatoms. The average Bonchev–Trinajstić information content (AvgIpc) is 3.06. The van der Waals surface area contributed by atoms with Crippen LogP contribution in [0.2, 0.25) is 0 Å². The Morgan fingerprint density at radius 2 is 2.15 bits per heavy atom. The summed E-state index contributed by atoms with van der Waals surface area (Å²) in [5.41, 5.74) is -0.131. The number of aromatic amines is 1. The zero-order valence-electron chi connectivity index (χ0n) is 11.1. The minimum absolute atomic E-state index is 0.0105. The summed E-state index contributed by atoms with van der Waals surface area (Å²) in [5, 5.41) is 8.86. The van der Waals surface area contributed by atoms with E-state index >= 15 is 0 Å². The third-order valence-electron chi connectivity index (χ3n) is 3.53. The van der Waals surface area contributed by atoms with Gasteiger partial charge in [0.15, 0.2) is 0 Å². The van der Waals surface area contributed by atoms with Gasteiger partial charge in [-0.2, -0.15) is 4.31 Å². The van der Waals surface area contributed by atoms with Crippen molar-refractivity contribution >= 4 is 16.0 Å². The summed E-state index contributed by atoms with van der Waals surface area (Å²) in [6.07, 6.45) is 6.49. The lowest BCUT2D eigenvalue weighted by molar-refractivity contribution is 0.0691. The molecule has 2 rings (SSSR count). The lowest BCUT2D eigenvalue weighted by atomic mass is 10.2. The number of nitrogens with zero attached hydrogens (tertiary/aromatic N) is 1. The SMILES string of the molecule is C=CCN(C1CCCC1)S(=O)(=O)c1c[nH]c(C(=O)O)c1. The van der Waals surface area contributed by atoms with Gasteiger partial charge in [-0.3, -0.25) is 0 Å². The lowest BCUT2D eigenvalue weighted by Gasteiger charge is -2.26. The number of aromatic carboxylic acids is 1. The quantitative estimate of drug-likeness (QED) is 0.784. The van der Waals surface area contributed by atoms with Crippen molar-refractivity contribution in [2.45, 2.75) is 36.6 Å². The second-order valence-electron chi connectivity index (χ2n) is 4.86. The van der Waals surface area contributed by atoms with Crippen molar-refractivity contribution in [2.75, 3.05) is 6.54 Å². The molecule has 6 nitrogen and oxygen atoms in total. The van der Waals surface area contributed by atoms with E-state index in [-0.39, 0.29) is 23.2 Å². The number of hydrogen-bond acceptors (Lipinski definition) is 3. The van der Waals surface area contributed by atoms with Gasteiger partial charge < -0.3 is 10.1 Å². The van der Waals surface area contributed by atoms with Crippen LogP contribution >= 0.6 is 0 Å². The van der Waals surface area contributed by atoms with E-state index in [0.29, 0.717) is 0 Å². The number of rotatable bonds is 6. The molecule has 0 aromatic carbocycles. The molecule has 1 saturated carbocycles. The third-order valence-corrected chi connectivity index (χ3v) is 5.43. The minimum atomic E-state index is -3.69. The van der Waals surface area contributed by atoms with Crippen molar-refractivity contribution in [1.29, 1.82) is 0 Å². The van der Waals surface area contributed by atoms with E-state index in [1.807, 2.05) is 0 Å². The molecule has 0 unspecified atom stereocenters. The van der Waals surface area contributed by atoms with Crippen molar-refractivity contribution in [3.8, 4) is 0 Å². The van der Waals surface area contributed by atoms with Gasteiger partial charge >= 0.3 is 5.97 Å². The first-order valence-corrected chi connectivity index (χ1v) is 7.95. The number of nitrogens with one attached hydrogen (secondary N) is 1. The highest BCUT2D eigenvalue weighted by molar-refractivity contribution is 7.89. The topological polar surface area (TPSA) is 90.5 Å². The highest BCUT2D eigenvalue weighted by Crippen LogP contribution is 2.28. The molecule has 1 fully saturated rings. The molecule has 1 aliphatic carbocycles. The fourth-order valence-electron chi connectivity index (χ4n) is 2.55. The van der Waals surface area contributed by atoms with Crippen molar-refractivity contribution in [1.82, 2.24) is 9.29 Å². The Bertz CT molecular complexity index is 600. The molecule has 0 radical (unpaired) electrons. The molecule has 0 saturated heterocycles. The molecule has 2 N–H and O–H groups in total. The van der Waals surface area contributed by atoms with Crippen LogP contribution in [-0.4, -0.2) is 41.4 Å². The number of carboxylic acids is 1. The minimum Gasteiger partial charge on any atom is -0.477 e. The summed E-state index contributed by atoms with van der Waals surface area (Å²) < 4.78 is 26.6. The monoisotopic (exact) mass is 298 g/mol. The van der Waals surface area contributed by atoms with Gasteiger partial charge in [0.25, 0.3) is 0 Å². The molecule has 0 atom stereocenters. The van der Waals surface area contributed by atoms with E-state index < -0.39 is 16.0 Å². The number of H-pyrrole nitrogens is 1. The van der Waals surface area contributed by atoms with Crippen LogP contribution in [0.1, 0.15) is 36.2 Å². The van der Waals surface area contributed by atoms with Crippen LogP contribution < -0.4 is 0 Å². The summed E-state index contributed by atoms with van der Waals surface area (Å²) in [6.45, 7) is 3.84. The van der Waals surface area contributed by atoms with E-state index in [1.165, 1.54) is 10.5 Å². The van der Waals surface area contributed by atoms with Crippen LogP contribution in [0.3, 0.4) is 0 Å². The molecule has 110 valence electrons. The van der Waals surface area contributed by atoms with Crippen LogP contribution in [0, 0.1) is 0 Å². The first-order chi connectivity index (χ1) is 9.46. The first kappa shape index (κ1) is 14.8. The maximum Gasteiger partial charge on any atom is 0.352 e. The fraction of sp³-hybridized carbons (Fsp3) is 0.462. The number of carboxylic acid groups (broad SMARTS) is 1. The molecular formula is C13H18N2O4S. The summed E-state index contributed by atoms with van der Waals surface area (Å²) in [4.78, 5) is 13.3. The Kier molecular flexibility index (Phi) is 4.29. The molecule has 0 aliphatic heterocycles. The van der Waals surface area contributed by atoms with Gasteiger partial charge in [0, 0.05) is 18.8 Å². The van der Waals surface area contributed by atoms with Crippen molar-refractivity contribution in [3.05, 3.63) is 30.6 Å². The lowest BCUT2D eigenvalue weighted by Crippen LogP contribution is -2.38. The molecule has 1 aromatic rings. The number of aromatic nitrogens is 1. The highest BCUT2D eigenvalue weighted by atomic mass is 32.2. The predicted octanol–water partition coefficient (Wildman–Crippen LogP) is 1.83. The molecule has 20 heavy (non-hydrogen) atoms. The molecule has 1 heterocycles. The van der Waals surface area contributed by atoms with Gasteiger partial charge in [0.2, 0.25) is 10.0 Å². The second kappa shape index (κ2) is 5.80. The normalized spacial score (nSPS) is 16.6. The summed E-state index contributed by atoms with van der Waals surface area (Å²) in [6, 6.07) is 1.13. The van der Waals surface area contributed by atoms with Crippen LogP contribution in [-0.2, 0) is 10.0 Å². The van der Waals surface area contributed by atoms with Gasteiger partial charge in [-0.1, -0.05) is 18.9 Å². The van der Waals surface area contributed by atoms with Crippen LogP contribution in [0.15, 0.2) is 29.8 Å². The molecule has 1 aromatic heterocycles. The summed E-state index contributed by atoms with van der Waals surface area (Å²) >= 11 is 0. The molecule has 1 aliphatic rings. The van der Waals surface area contributed by atoms with Gasteiger partial charge in [-0.25, -0.2) is 13.2 Å². The van der Waals surface area contributed by atoms with E-state index in [9.17, 15) is 13.2 Å². The second-order valence-corrected chi connectivity index (χ2v) is 6.75. The molecule has 0 spiro atoms. The van der Waals surface area contributed by atoms with Gasteiger partial charge in [-0.05, 0) is 18.9 Å². The van der Waals surface area contributed by atoms with Gasteiger partial charge in [-0.15, -0.1) is 6.58 Å². The first-order valence-electron chi connectivity index (χ1n) is 6.51. The maximum atomic E-state index is 12.6. The molecule has 0 bridgehead atoms. The molecule has 0 amide bonds. The van der Waals surface area contributed by atoms with Crippen molar-refractivity contribution < 1.29 is 18.3 Å². The van der Waals surface area contributed by atoms with Crippen LogP contribution in [0.5, 0.6) is 0 Å². The summed E-state index contributed by atoms with van der Waals surface area (Å²) in [5.74, 6) is -1.18. The number of hydrogen-bond donors (Lipinski definition) is 2. The third kappa shape index (κ3) is 2.78. The smallest absolute Gasteiger partial charge is 0.352 e. The maximum absolute atomic E-state index is 12.6. The van der Waals surface area contributed by atoms with Crippen LogP contribution in [0.25, 0.3) is 0 Å². The molecular weight excluding hydrogens is 280 g/mol. The zero-order chi connectivity index (χ0) is 14.8. The average molecular weight is 298 g/mol. The summed E-state index contributed by atoms with van der Waals surface area (Å²) in [7, 11) is -3.69. The largest absolute Gasteiger partial charge is 0.477 e. The Morgan fingerprint density at radius 3 is 2.65 bits per heavy atom. The highest BCUT2D eigenvalue weighted by Gasteiger charge is 2.33. The predicted molar refractivity (Wildman–Crippen MR) is 74.1 cm³/mol. The number of sulfonamides is 1. The number of carbonyl (C=O) groups is 1. The van der Waals surface area contributed by atoms with Crippen molar-refractivity contribution in [2.24, 2.45) is 0 Å². The zero-order valence-corrected chi connectivity index (χ0v) is 11.9. The van der Waals surface area contributed by atoms with Crippen LogP contribution in [0.4, 0.5) is 0 Å². The van der Waals surface area contributed by atoms with E-state index in [0.717, 1.165) is 31.7 Å². The standard InChI is InChI=1S/C13H18N2O4S/c1-2-7-15(10-5-3-4-6-10)20(18,19)11-8-12(13(16)17)14-9-11/h2,8-10,14H,1,3-7H2,(H,16,17). The fourth-order valence-corrected chi connectivity index (χ4v) is 4.20. The van der Waals surface area contributed by atoms with E-state index in [4.69, 9.17) is 5.11 Å². The van der Waals surface area contributed by atoms with Gasteiger partial charge in [0.1, 0.15) is 10.6 Å².